The average molecular weight is 405 g/mol. The summed E-state index contributed by atoms with van der Waals surface area (Å²) >= 11 is 0. The number of phenolic OH excluding ortho intramolecular Hbond substituents is 1. The molecule has 6 nitrogen and oxygen atoms in total. The number of rotatable bonds is 5. The Labute approximate surface area is 176 Å². The minimum atomic E-state index is -0.380. The van der Waals surface area contributed by atoms with Crippen LogP contribution in [0.15, 0.2) is 36.4 Å². The number of aromatic amines is 1. The maximum absolute atomic E-state index is 13.1. The quantitative estimate of drug-likeness (QED) is 0.597. The van der Waals surface area contributed by atoms with Crippen LogP contribution in [0.3, 0.4) is 0 Å². The first-order valence-corrected chi connectivity index (χ1v) is 10.2. The lowest BCUT2D eigenvalue weighted by Gasteiger charge is -2.26. The van der Waals surface area contributed by atoms with Gasteiger partial charge in [-0.05, 0) is 48.1 Å². The number of carbonyl (C=O) groups is 1. The molecule has 2 heterocycles. The van der Waals surface area contributed by atoms with Gasteiger partial charge in [0.15, 0.2) is 0 Å². The Morgan fingerprint density at radius 2 is 1.87 bits per heavy atom. The number of carbonyl (C=O) groups excluding carboxylic acids is 1. The molecule has 156 valence electrons. The van der Waals surface area contributed by atoms with Crippen LogP contribution in [0.2, 0.25) is 0 Å². The fourth-order valence-corrected chi connectivity index (χ4v) is 4.29. The Kier molecular flexibility index (Phi) is 5.12. The van der Waals surface area contributed by atoms with Gasteiger partial charge in [-0.1, -0.05) is 44.2 Å². The van der Waals surface area contributed by atoms with E-state index in [0.717, 1.165) is 22.3 Å². The third-order valence-corrected chi connectivity index (χ3v) is 5.82. The molecule has 0 saturated heterocycles. The van der Waals surface area contributed by atoms with Crippen molar-refractivity contribution in [3.63, 3.8) is 0 Å². The standard InChI is InChI=1S/C24H27N3O3/c1-13(2)16-5-7-17(8-6-16)22-19-20(18-12-14(3)11-15(4)23(18)29)25-26-21(19)24(30)27(22)9-10-28/h5-8,11-13,22,28-29H,9-10H2,1-4H3,(H,25,26)/t22-/m0/s1. The highest BCUT2D eigenvalue weighted by Gasteiger charge is 2.42. The fourth-order valence-electron chi connectivity index (χ4n) is 4.29. The zero-order chi connectivity index (χ0) is 21.6. The molecule has 6 heteroatoms. The molecular formula is C24H27N3O3. The number of nitrogens with one attached hydrogen (secondary N) is 1. The number of hydrogen-bond donors (Lipinski definition) is 3. The van der Waals surface area contributed by atoms with E-state index in [-0.39, 0.29) is 30.9 Å². The molecule has 0 bridgehead atoms. The number of aromatic nitrogens is 2. The summed E-state index contributed by atoms with van der Waals surface area (Å²) in [6, 6.07) is 11.6. The number of amides is 1. The van der Waals surface area contributed by atoms with Gasteiger partial charge in [0, 0.05) is 17.7 Å². The molecule has 1 atom stereocenters. The summed E-state index contributed by atoms with van der Waals surface area (Å²) in [4.78, 5) is 14.8. The lowest BCUT2D eigenvalue weighted by atomic mass is 9.92. The number of H-pyrrole nitrogens is 1. The highest BCUT2D eigenvalue weighted by atomic mass is 16.3. The van der Waals surface area contributed by atoms with Gasteiger partial charge < -0.3 is 15.1 Å². The highest BCUT2D eigenvalue weighted by molar-refractivity contribution is 6.00. The van der Waals surface area contributed by atoms with E-state index in [2.05, 4.69) is 36.2 Å². The number of β-amino-alcohol motifs (C(OH)–C–C–N with tert-alkyl or cyclic N) is 1. The van der Waals surface area contributed by atoms with Crippen LogP contribution in [0, 0.1) is 13.8 Å². The number of nitrogens with zero attached hydrogens (tertiary/aromatic N) is 2. The van der Waals surface area contributed by atoms with Crippen LogP contribution in [0.5, 0.6) is 5.75 Å². The Hall–Kier alpha value is -3.12. The molecule has 3 aromatic rings. The molecule has 1 aliphatic rings. The summed E-state index contributed by atoms with van der Waals surface area (Å²) in [5.74, 6) is 0.376. The molecule has 0 spiro atoms. The summed E-state index contributed by atoms with van der Waals surface area (Å²) in [5.41, 5.74) is 6.26. The number of aromatic hydroxyl groups is 1. The Bertz CT molecular complexity index is 1100. The average Bonchev–Trinajstić information content (AvgIpc) is 3.25. The first-order chi connectivity index (χ1) is 14.3. The second-order valence-electron chi connectivity index (χ2n) is 8.28. The van der Waals surface area contributed by atoms with E-state index in [0.29, 0.717) is 22.9 Å². The maximum Gasteiger partial charge on any atom is 0.273 e. The van der Waals surface area contributed by atoms with E-state index < -0.39 is 0 Å². The van der Waals surface area contributed by atoms with Crippen molar-refractivity contribution in [2.45, 2.75) is 39.7 Å². The predicted molar refractivity (Wildman–Crippen MR) is 116 cm³/mol. The normalized spacial score (nSPS) is 15.9. The Morgan fingerprint density at radius 3 is 2.50 bits per heavy atom. The van der Waals surface area contributed by atoms with Crippen LogP contribution in [0.4, 0.5) is 0 Å². The van der Waals surface area contributed by atoms with Gasteiger partial charge in [-0.25, -0.2) is 0 Å². The van der Waals surface area contributed by atoms with Gasteiger partial charge in [0.1, 0.15) is 17.1 Å². The summed E-state index contributed by atoms with van der Waals surface area (Å²) in [6.07, 6.45) is 0. The zero-order valence-electron chi connectivity index (χ0n) is 17.7. The third-order valence-electron chi connectivity index (χ3n) is 5.82. The summed E-state index contributed by atoms with van der Waals surface area (Å²) in [7, 11) is 0. The SMILES string of the molecule is Cc1cc(C)c(O)c(-c2n[nH]c3c2[C@H](c2ccc(C(C)C)cc2)N(CCO)C3=O)c1. The van der Waals surface area contributed by atoms with Crippen LogP contribution in [-0.4, -0.2) is 44.4 Å². The molecule has 1 aromatic heterocycles. The van der Waals surface area contributed by atoms with E-state index in [1.165, 1.54) is 5.56 Å². The topological polar surface area (TPSA) is 89.5 Å². The first kappa shape index (κ1) is 20.2. The molecule has 1 amide bonds. The zero-order valence-corrected chi connectivity index (χ0v) is 17.7. The smallest absolute Gasteiger partial charge is 0.273 e. The first-order valence-electron chi connectivity index (χ1n) is 10.2. The van der Waals surface area contributed by atoms with Crippen LogP contribution in [0.1, 0.15) is 64.1 Å². The number of aliphatic hydroxyl groups is 1. The minimum absolute atomic E-state index is 0.131. The number of hydrogen-bond acceptors (Lipinski definition) is 4. The molecule has 0 saturated carbocycles. The van der Waals surface area contributed by atoms with E-state index >= 15 is 0 Å². The Balaban J connectivity index is 1.90. The number of benzene rings is 2. The van der Waals surface area contributed by atoms with Crippen molar-refractivity contribution in [3.8, 4) is 17.0 Å². The molecule has 4 rings (SSSR count). The van der Waals surface area contributed by atoms with Crippen LogP contribution < -0.4 is 0 Å². The van der Waals surface area contributed by atoms with Crippen molar-refractivity contribution < 1.29 is 15.0 Å². The van der Waals surface area contributed by atoms with Gasteiger partial charge in [-0.15, -0.1) is 0 Å². The van der Waals surface area contributed by atoms with Gasteiger partial charge in [0.25, 0.3) is 5.91 Å². The lowest BCUT2D eigenvalue weighted by Crippen LogP contribution is -2.32. The van der Waals surface area contributed by atoms with Gasteiger partial charge in [0.2, 0.25) is 0 Å². The fraction of sp³-hybridized carbons (Fsp3) is 0.333. The van der Waals surface area contributed by atoms with E-state index in [1.807, 2.05) is 38.1 Å². The molecular weight excluding hydrogens is 378 g/mol. The number of aliphatic hydroxyl groups excluding tert-OH is 1. The minimum Gasteiger partial charge on any atom is -0.507 e. The molecule has 0 fully saturated rings. The van der Waals surface area contributed by atoms with Gasteiger partial charge in [-0.2, -0.15) is 5.10 Å². The number of aryl methyl sites for hydroxylation is 2. The second kappa shape index (κ2) is 7.61. The highest BCUT2D eigenvalue weighted by Crippen LogP contribution is 2.45. The number of fused-ring (bicyclic) bond motifs is 1. The van der Waals surface area contributed by atoms with Crippen molar-refractivity contribution >= 4 is 5.91 Å². The predicted octanol–water partition coefficient (Wildman–Crippen LogP) is 4.06. The summed E-state index contributed by atoms with van der Waals surface area (Å²) in [5, 5.41) is 27.6. The van der Waals surface area contributed by atoms with Crippen LogP contribution >= 0.6 is 0 Å². The summed E-state index contributed by atoms with van der Waals surface area (Å²) in [6.45, 7) is 8.19. The van der Waals surface area contributed by atoms with Crippen molar-refractivity contribution in [1.29, 1.82) is 0 Å². The van der Waals surface area contributed by atoms with Crippen molar-refractivity contribution in [3.05, 3.63) is 69.9 Å². The largest absolute Gasteiger partial charge is 0.507 e. The molecule has 1 aliphatic heterocycles. The van der Waals surface area contributed by atoms with Gasteiger partial charge in [0.05, 0.1) is 12.6 Å². The van der Waals surface area contributed by atoms with Crippen molar-refractivity contribution in [2.75, 3.05) is 13.2 Å². The van der Waals surface area contributed by atoms with Crippen molar-refractivity contribution in [1.82, 2.24) is 15.1 Å². The van der Waals surface area contributed by atoms with Crippen molar-refractivity contribution in [2.24, 2.45) is 0 Å². The van der Waals surface area contributed by atoms with Gasteiger partial charge >= 0.3 is 0 Å². The maximum atomic E-state index is 13.1. The lowest BCUT2D eigenvalue weighted by molar-refractivity contribution is 0.0706. The molecule has 0 aliphatic carbocycles. The molecule has 30 heavy (non-hydrogen) atoms. The second-order valence-corrected chi connectivity index (χ2v) is 8.28. The number of phenols is 1. The molecule has 0 unspecified atom stereocenters. The van der Waals surface area contributed by atoms with E-state index in [4.69, 9.17) is 0 Å². The molecule has 3 N–H and O–H groups in total. The van der Waals surface area contributed by atoms with E-state index in [1.54, 1.807) is 4.90 Å². The molecule has 2 aromatic carbocycles. The van der Waals surface area contributed by atoms with Gasteiger partial charge in [-0.3, -0.25) is 9.89 Å². The monoisotopic (exact) mass is 405 g/mol. The van der Waals surface area contributed by atoms with Crippen LogP contribution in [0.25, 0.3) is 11.3 Å². The van der Waals surface area contributed by atoms with Crippen LogP contribution in [-0.2, 0) is 0 Å². The summed E-state index contributed by atoms with van der Waals surface area (Å²) < 4.78 is 0. The van der Waals surface area contributed by atoms with E-state index in [9.17, 15) is 15.0 Å². The third kappa shape index (κ3) is 3.17. The molecule has 0 radical (unpaired) electrons. The Morgan fingerprint density at radius 1 is 1.17 bits per heavy atom.